The quantitative estimate of drug-likeness (QED) is 0.721. The van der Waals surface area contributed by atoms with Crippen LogP contribution in [0.3, 0.4) is 0 Å². The molecule has 1 aliphatic rings. The molecule has 0 fully saturated rings. The number of nitrogens with zero attached hydrogens (tertiary/aromatic N) is 1. The lowest BCUT2D eigenvalue weighted by atomic mass is 9.95. The van der Waals surface area contributed by atoms with Crippen molar-refractivity contribution in [1.29, 1.82) is 0 Å². The highest BCUT2D eigenvalue weighted by Gasteiger charge is 2.19. The van der Waals surface area contributed by atoms with Crippen molar-refractivity contribution in [2.24, 2.45) is 0 Å². The molecule has 0 unspecified atom stereocenters. The Balaban J connectivity index is 2.34. The van der Waals surface area contributed by atoms with Crippen molar-refractivity contribution in [2.45, 2.75) is 39.2 Å². The standard InChI is InChI=1S/C15H17NO/c1-2-16-14-6-4-3-5-12(14)13-9-11(10-17)7-8-15(13)16/h7-10H,2-6H2,1H3. The molecule has 1 heterocycles. The zero-order chi connectivity index (χ0) is 11.8. The molecule has 0 amide bonds. The number of hydrogen-bond donors (Lipinski definition) is 0. The van der Waals surface area contributed by atoms with Crippen LogP contribution in [0.5, 0.6) is 0 Å². The van der Waals surface area contributed by atoms with E-state index in [1.807, 2.05) is 6.07 Å². The Bertz CT molecular complexity index is 580. The van der Waals surface area contributed by atoms with Crippen LogP contribution in [0.4, 0.5) is 0 Å². The SMILES string of the molecule is CCn1c2c(c3cc(C=O)ccc31)CCCC2. The van der Waals surface area contributed by atoms with E-state index in [0.717, 1.165) is 18.4 Å². The van der Waals surface area contributed by atoms with Crippen LogP contribution in [0.2, 0.25) is 0 Å². The number of aldehydes is 1. The maximum atomic E-state index is 10.9. The molecule has 2 nitrogen and oxygen atoms in total. The molecule has 1 aromatic heterocycles. The summed E-state index contributed by atoms with van der Waals surface area (Å²) in [4.78, 5) is 10.9. The minimum Gasteiger partial charge on any atom is -0.345 e. The number of benzene rings is 1. The molecule has 0 saturated heterocycles. The van der Waals surface area contributed by atoms with Crippen LogP contribution in [-0.4, -0.2) is 10.9 Å². The molecule has 0 spiro atoms. The van der Waals surface area contributed by atoms with Gasteiger partial charge in [0.2, 0.25) is 0 Å². The van der Waals surface area contributed by atoms with Gasteiger partial charge in [-0.1, -0.05) is 0 Å². The first-order chi connectivity index (χ1) is 8.35. The molecule has 0 atom stereocenters. The third-order valence-corrected chi connectivity index (χ3v) is 3.85. The average Bonchev–Trinajstić information content (AvgIpc) is 2.71. The van der Waals surface area contributed by atoms with E-state index in [9.17, 15) is 4.79 Å². The van der Waals surface area contributed by atoms with Crippen molar-refractivity contribution >= 4 is 17.2 Å². The summed E-state index contributed by atoms with van der Waals surface area (Å²) in [7, 11) is 0. The Morgan fingerprint density at radius 2 is 2.12 bits per heavy atom. The second kappa shape index (κ2) is 4.02. The number of rotatable bonds is 2. The molecule has 3 rings (SSSR count). The minimum atomic E-state index is 0.791. The predicted octanol–water partition coefficient (Wildman–Crippen LogP) is 3.35. The Morgan fingerprint density at radius 1 is 1.29 bits per heavy atom. The van der Waals surface area contributed by atoms with Crippen molar-refractivity contribution in [1.82, 2.24) is 4.57 Å². The minimum absolute atomic E-state index is 0.791. The number of carbonyl (C=O) groups excluding carboxylic acids is 1. The van der Waals surface area contributed by atoms with Crippen LogP contribution < -0.4 is 0 Å². The van der Waals surface area contributed by atoms with Crippen LogP contribution in [0.1, 0.15) is 41.4 Å². The van der Waals surface area contributed by atoms with Gasteiger partial charge in [0.25, 0.3) is 0 Å². The largest absolute Gasteiger partial charge is 0.345 e. The molecule has 17 heavy (non-hydrogen) atoms. The highest BCUT2D eigenvalue weighted by molar-refractivity contribution is 5.91. The van der Waals surface area contributed by atoms with Gasteiger partial charge in [0.05, 0.1) is 0 Å². The molecule has 0 radical (unpaired) electrons. The van der Waals surface area contributed by atoms with E-state index in [4.69, 9.17) is 0 Å². The number of fused-ring (bicyclic) bond motifs is 3. The third-order valence-electron chi connectivity index (χ3n) is 3.85. The molecule has 2 aromatic rings. The molecule has 1 aromatic carbocycles. The highest BCUT2D eigenvalue weighted by Crippen LogP contribution is 2.32. The molecule has 0 N–H and O–H groups in total. The fourth-order valence-electron chi connectivity index (χ4n) is 3.09. The van der Waals surface area contributed by atoms with Gasteiger partial charge in [0, 0.05) is 28.7 Å². The van der Waals surface area contributed by atoms with Crippen molar-refractivity contribution in [3.8, 4) is 0 Å². The zero-order valence-corrected chi connectivity index (χ0v) is 10.2. The lowest BCUT2D eigenvalue weighted by Crippen LogP contribution is -2.06. The summed E-state index contributed by atoms with van der Waals surface area (Å²) in [5, 5.41) is 1.30. The Labute approximate surface area is 101 Å². The van der Waals surface area contributed by atoms with Gasteiger partial charge in [-0.25, -0.2) is 0 Å². The van der Waals surface area contributed by atoms with E-state index in [1.165, 1.54) is 47.8 Å². The highest BCUT2D eigenvalue weighted by atomic mass is 16.1. The lowest BCUT2D eigenvalue weighted by Gasteiger charge is -2.14. The van der Waals surface area contributed by atoms with E-state index in [0.29, 0.717) is 0 Å². The summed E-state index contributed by atoms with van der Waals surface area (Å²) < 4.78 is 2.42. The number of aryl methyl sites for hydroxylation is 2. The first-order valence-corrected chi connectivity index (χ1v) is 6.44. The number of hydrogen-bond acceptors (Lipinski definition) is 1. The number of aromatic nitrogens is 1. The molecular formula is C15H17NO. The summed E-state index contributed by atoms with van der Waals surface area (Å²) in [5.74, 6) is 0. The molecule has 0 aliphatic heterocycles. The van der Waals surface area contributed by atoms with Gasteiger partial charge in [-0.2, -0.15) is 0 Å². The maximum Gasteiger partial charge on any atom is 0.150 e. The van der Waals surface area contributed by atoms with Crippen LogP contribution in [-0.2, 0) is 19.4 Å². The molecule has 1 aliphatic carbocycles. The summed E-state index contributed by atoms with van der Waals surface area (Å²) in [6, 6.07) is 6.08. The van der Waals surface area contributed by atoms with Crippen LogP contribution in [0.15, 0.2) is 18.2 Å². The molecule has 0 saturated carbocycles. The Hall–Kier alpha value is -1.57. The monoisotopic (exact) mass is 227 g/mol. The van der Waals surface area contributed by atoms with Crippen molar-refractivity contribution < 1.29 is 4.79 Å². The molecule has 0 bridgehead atoms. The Kier molecular flexibility index (Phi) is 2.50. The van der Waals surface area contributed by atoms with Crippen LogP contribution in [0, 0.1) is 0 Å². The number of carbonyl (C=O) groups is 1. The molecule has 88 valence electrons. The summed E-state index contributed by atoms with van der Waals surface area (Å²) in [6.45, 7) is 3.22. The zero-order valence-electron chi connectivity index (χ0n) is 10.2. The fraction of sp³-hybridized carbons (Fsp3) is 0.400. The summed E-state index contributed by atoms with van der Waals surface area (Å²) >= 11 is 0. The van der Waals surface area contributed by atoms with Gasteiger partial charge in [-0.15, -0.1) is 0 Å². The predicted molar refractivity (Wildman–Crippen MR) is 69.6 cm³/mol. The normalized spacial score (nSPS) is 14.9. The smallest absolute Gasteiger partial charge is 0.150 e. The second-order valence-corrected chi connectivity index (χ2v) is 4.77. The lowest BCUT2D eigenvalue weighted by molar-refractivity contribution is 0.112. The van der Waals surface area contributed by atoms with Gasteiger partial charge in [0.1, 0.15) is 6.29 Å². The van der Waals surface area contributed by atoms with Crippen molar-refractivity contribution in [2.75, 3.05) is 0 Å². The first kappa shape index (κ1) is 10.6. The molecule has 2 heteroatoms. The topological polar surface area (TPSA) is 22.0 Å². The van der Waals surface area contributed by atoms with Crippen molar-refractivity contribution in [3.63, 3.8) is 0 Å². The average molecular weight is 227 g/mol. The summed E-state index contributed by atoms with van der Waals surface area (Å²) in [5.41, 5.74) is 5.07. The van der Waals surface area contributed by atoms with Crippen LogP contribution >= 0.6 is 0 Å². The summed E-state index contributed by atoms with van der Waals surface area (Å²) in [6.07, 6.45) is 5.87. The van der Waals surface area contributed by atoms with Gasteiger partial charge >= 0.3 is 0 Å². The first-order valence-electron chi connectivity index (χ1n) is 6.44. The second-order valence-electron chi connectivity index (χ2n) is 4.77. The van der Waals surface area contributed by atoms with Gasteiger partial charge in [-0.3, -0.25) is 4.79 Å². The van der Waals surface area contributed by atoms with Crippen LogP contribution in [0.25, 0.3) is 10.9 Å². The fourth-order valence-corrected chi connectivity index (χ4v) is 3.09. The third kappa shape index (κ3) is 1.51. The van der Waals surface area contributed by atoms with Crippen molar-refractivity contribution in [3.05, 3.63) is 35.0 Å². The van der Waals surface area contributed by atoms with E-state index >= 15 is 0 Å². The van der Waals surface area contributed by atoms with Gasteiger partial charge in [0.15, 0.2) is 0 Å². The Morgan fingerprint density at radius 3 is 2.88 bits per heavy atom. The maximum absolute atomic E-state index is 10.9. The van der Waals surface area contributed by atoms with E-state index in [2.05, 4.69) is 23.6 Å². The van der Waals surface area contributed by atoms with Gasteiger partial charge < -0.3 is 4.57 Å². The molecular weight excluding hydrogens is 210 g/mol. The van der Waals surface area contributed by atoms with E-state index in [-0.39, 0.29) is 0 Å². The van der Waals surface area contributed by atoms with Gasteiger partial charge in [-0.05, 0) is 56.4 Å². The van der Waals surface area contributed by atoms with E-state index < -0.39 is 0 Å². The van der Waals surface area contributed by atoms with E-state index in [1.54, 1.807) is 0 Å².